The summed E-state index contributed by atoms with van der Waals surface area (Å²) in [7, 11) is -3.76. The zero-order valence-electron chi connectivity index (χ0n) is 17.6. The van der Waals surface area contributed by atoms with Gasteiger partial charge < -0.3 is 10.6 Å². The molecule has 0 atom stereocenters. The zero-order valence-corrected chi connectivity index (χ0v) is 18.4. The van der Waals surface area contributed by atoms with Crippen LogP contribution in [0, 0.1) is 12.8 Å². The summed E-state index contributed by atoms with van der Waals surface area (Å²) in [4.78, 5) is 24.8. The Balaban J connectivity index is 1.79. The zero-order chi connectivity index (χ0) is 22.1. The van der Waals surface area contributed by atoms with Crippen LogP contribution in [-0.4, -0.2) is 25.8 Å². The lowest BCUT2D eigenvalue weighted by molar-refractivity contribution is -0.117. The van der Waals surface area contributed by atoms with Crippen molar-refractivity contribution in [2.75, 3.05) is 10.6 Å². The maximum atomic E-state index is 12.8. The summed E-state index contributed by atoms with van der Waals surface area (Å²) in [6, 6.07) is 11.3. The quantitative estimate of drug-likeness (QED) is 0.652. The van der Waals surface area contributed by atoms with Crippen LogP contribution in [0.5, 0.6) is 0 Å². The van der Waals surface area contributed by atoms with Crippen molar-refractivity contribution in [3.63, 3.8) is 0 Å². The third-order valence-electron chi connectivity index (χ3n) is 4.54. The molecule has 0 spiro atoms. The van der Waals surface area contributed by atoms with E-state index in [4.69, 9.17) is 0 Å². The van der Waals surface area contributed by atoms with Crippen LogP contribution < -0.4 is 15.4 Å². The van der Waals surface area contributed by atoms with Gasteiger partial charge in [0.1, 0.15) is 0 Å². The van der Waals surface area contributed by atoms with Crippen LogP contribution in [0.25, 0.3) is 0 Å². The second kappa shape index (κ2) is 8.20. The van der Waals surface area contributed by atoms with E-state index in [1.165, 1.54) is 12.1 Å². The molecule has 2 amide bonds. The number of hydrogen-bond donors (Lipinski definition) is 3. The first kappa shape index (κ1) is 22.0. The van der Waals surface area contributed by atoms with Gasteiger partial charge in [0.05, 0.1) is 4.90 Å². The maximum absolute atomic E-state index is 12.8. The number of carbonyl (C=O) groups excluding carboxylic acids is 2. The third kappa shape index (κ3) is 5.67. The molecular weight excluding hydrogens is 402 g/mol. The van der Waals surface area contributed by atoms with E-state index in [0.717, 1.165) is 12.8 Å². The normalized spacial score (nSPS) is 14.3. The number of hydrogen-bond acceptors (Lipinski definition) is 4. The van der Waals surface area contributed by atoms with Gasteiger partial charge in [0.2, 0.25) is 15.9 Å². The van der Waals surface area contributed by atoms with Crippen LogP contribution in [0.1, 0.15) is 49.5 Å². The van der Waals surface area contributed by atoms with Crippen LogP contribution in [0.3, 0.4) is 0 Å². The fourth-order valence-electron chi connectivity index (χ4n) is 2.94. The van der Waals surface area contributed by atoms with Gasteiger partial charge in [-0.25, -0.2) is 13.1 Å². The molecule has 0 radical (unpaired) electrons. The topological polar surface area (TPSA) is 104 Å². The van der Waals surface area contributed by atoms with Crippen molar-refractivity contribution in [2.45, 2.75) is 51.0 Å². The molecule has 3 N–H and O–H groups in total. The predicted octanol–water partition coefficient (Wildman–Crippen LogP) is 3.67. The van der Waals surface area contributed by atoms with Crippen LogP contribution in [0.4, 0.5) is 11.4 Å². The van der Waals surface area contributed by atoms with Crippen molar-refractivity contribution in [3.8, 4) is 0 Å². The van der Waals surface area contributed by atoms with Gasteiger partial charge in [-0.15, -0.1) is 0 Å². The second-order valence-corrected chi connectivity index (χ2v) is 10.3. The van der Waals surface area contributed by atoms with Crippen molar-refractivity contribution in [1.29, 1.82) is 0 Å². The molecule has 1 aliphatic carbocycles. The minimum absolute atomic E-state index is 0.0152. The van der Waals surface area contributed by atoms with Gasteiger partial charge in [0.15, 0.2) is 0 Å². The molecule has 1 saturated carbocycles. The number of benzene rings is 2. The minimum atomic E-state index is -3.76. The maximum Gasteiger partial charge on any atom is 0.255 e. The van der Waals surface area contributed by atoms with E-state index < -0.39 is 21.5 Å². The molecule has 7 nitrogen and oxygen atoms in total. The van der Waals surface area contributed by atoms with Gasteiger partial charge in [0.25, 0.3) is 5.91 Å². The Morgan fingerprint density at radius 2 is 1.60 bits per heavy atom. The van der Waals surface area contributed by atoms with Crippen LogP contribution >= 0.6 is 0 Å². The summed E-state index contributed by atoms with van der Waals surface area (Å²) in [5, 5.41) is 5.62. The summed E-state index contributed by atoms with van der Waals surface area (Å²) in [5.74, 6) is -0.359. The van der Waals surface area contributed by atoms with Crippen LogP contribution in [0.15, 0.2) is 47.4 Å². The highest BCUT2D eigenvalue weighted by atomic mass is 32.2. The van der Waals surface area contributed by atoms with Crippen LogP contribution in [-0.2, 0) is 14.8 Å². The number of carbonyl (C=O) groups is 2. The van der Waals surface area contributed by atoms with E-state index in [2.05, 4.69) is 15.4 Å². The van der Waals surface area contributed by atoms with E-state index in [-0.39, 0.29) is 22.3 Å². The summed E-state index contributed by atoms with van der Waals surface area (Å²) in [6.07, 6.45) is 1.82. The van der Waals surface area contributed by atoms with Gasteiger partial charge >= 0.3 is 0 Å². The van der Waals surface area contributed by atoms with Gasteiger partial charge in [0, 0.05) is 28.4 Å². The van der Waals surface area contributed by atoms with E-state index in [9.17, 15) is 18.0 Å². The Kier molecular flexibility index (Phi) is 6.01. The summed E-state index contributed by atoms with van der Waals surface area (Å²) in [5.41, 5.74) is 1.39. The number of aryl methyl sites for hydroxylation is 1. The highest BCUT2D eigenvalue weighted by molar-refractivity contribution is 7.89. The SMILES string of the molecule is Cc1ccc(S(=O)(=O)NC(C)(C)C)cc1C(=O)Nc1cccc(NC(=O)C2CC2)c1. The Bertz CT molecular complexity index is 1080. The van der Waals surface area contributed by atoms with Crippen molar-refractivity contribution < 1.29 is 18.0 Å². The minimum Gasteiger partial charge on any atom is -0.326 e. The fraction of sp³-hybridized carbons (Fsp3) is 0.364. The fourth-order valence-corrected chi connectivity index (χ4v) is 4.38. The molecule has 0 heterocycles. The van der Waals surface area contributed by atoms with Gasteiger partial charge in [-0.3, -0.25) is 9.59 Å². The largest absolute Gasteiger partial charge is 0.326 e. The molecule has 0 bridgehead atoms. The van der Waals surface area contributed by atoms with E-state index in [1.807, 2.05) is 0 Å². The average Bonchev–Trinajstić information content (AvgIpc) is 3.45. The lowest BCUT2D eigenvalue weighted by Gasteiger charge is -2.20. The Morgan fingerprint density at radius 3 is 2.20 bits per heavy atom. The number of nitrogens with one attached hydrogen (secondary N) is 3. The van der Waals surface area contributed by atoms with Crippen molar-refractivity contribution in [1.82, 2.24) is 4.72 Å². The van der Waals surface area contributed by atoms with Gasteiger partial charge in [-0.05, 0) is 76.4 Å². The summed E-state index contributed by atoms with van der Waals surface area (Å²) < 4.78 is 27.8. The highest BCUT2D eigenvalue weighted by Gasteiger charge is 2.29. The molecule has 0 saturated heterocycles. The van der Waals surface area contributed by atoms with E-state index in [0.29, 0.717) is 16.9 Å². The first-order valence-corrected chi connectivity index (χ1v) is 11.3. The van der Waals surface area contributed by atoms with Gasteiger partial charge in [-0.1, -0.05) is 12.1 Å². The molecule has 2 aromatic rings. The summed E-state index contributed by atoms with van der Waals surface area (Å²) in [6.45, 7) is 7.00. The number of rotatable bonds is 6. The highest BCUT2D eigenvalue weighted by Crippen LogP contribution is 2.30. The third-order valence-corrected chi connectivity index (χ3v) is 6.30. The van der Waals surface area contributed by atoms with Crippen LogP contribution in [0.2, 0.25) is 0 Å². The molecule has 2 aromatic carbocycles. The van der Waals surface area contributed by atoms with E-state index >= 15 is 0 Å². The molecule has 160 valence electrons. The average molecular weight is 430 g/mol. The Morgan fingerprint density at radius 1 is 0.967 bits per heavy atom. The second-order valence-electron chi connectivity index (χ2n) is 8.63. The molecule has 0 unspecified atom stereocenters. The molecule has 0 aliphatic heterocycles. The smallest absolute Gasteiger partial charge is 0.255 e. The van der Waals surface area contributed by atoms with Crippen molar-refractivity contribution in [3.05, 3.63) is 53.6 Å². The Labute approximate surface area is 177 Å². The number of anilines is 2. The molecule has 1 aliphatic rings. The Hall–Kier alpha value is -2.71. The summed E-state index contributed by atoms with van der Waals surface area (Å²) >= 11 is 0. The van der Waals surface area contributed by atoms with E-state index in [1.54, 1.807) is 58.0 Å². The molecule has 8 heteroatoms. The first-order chi connectivity index (χ1) is 13.9. The van der Waals surface area contributed by atoms with Gasteiger partial charge in [-0.2, -0.15) is 0 Å². The van der Waals surface area contributed by atoms with Crippen molar-refractivity contribution in [2.24, 2.45) is 5.92 Å². The standard InChI is InChI=1S/C22H27N3O4S/c1-14-8-11-18(30(28,29)25-22(2,3)4)13-19(14)21(27)24-17-7-5-6-16(12-17)23-20(26)15-9-10-15/h5-8,11-13,15,25H,9-10H2,1-4H3,(H,23,26)(H,24,27). The monoisotopic (exact) mass is 429 g/mol. The number of amides is 2. The molecular formula is C22H27N3O4S. The molecule has 3 rings (SSSR count). The first-order valence-electron chi connectivity index (χ1n) is 9.81. The lowest BCUT2D eigenvalue weighted by Crippen LogP contribution is -2.40. The molecule has 30 heavy (non-hydrogen) atoms. The molecule has 1 fully saturated rings. The van der Waals surface area contributed by atoms with Crippen molar-refractivity contribution >= 4 is 33.2 Å². The molecule has 0 aromatic heterocycles. The lowest BCUT2D eigenvalue weighted by atomic mass is 10.1. The predicted molar refractivity (Wildman–Crippen MR) is 117 cm³/mol. The number of sulfonamides is 1.